The first-order valence-electron chi connectivity index (χ1n) is 9.56. The Morgan fingerprint density at radius 1 is 1.18 bits per heavy atom. The molecule has 1 saturated carbocycles. The number of benzene rings is 1. The molecule has 1 aliphatic rings. The van der Waals surface area contributed by atoms with Crippen molar-refractivity contribution < 1.29 is 14.3 Å². The Labute approximate surface area is 163 Å². The Kier molecular flexibility index (Phi) is 5.14. The Hall–Kier alpha value is -3.09. The van der Waals surface area contributed by atoms with E-state index in [4.69, 9.17) is 9.47 Å². The molecule has 0 unspecified atom stereocenters. The average Bonchev–Trinajstić information content (AvgIpc) is 3.41. The van der Waals surface area contributed by atoms with E-state index in [0.717, 1.165) is 29.3 Å². The molecule has 0 saturated heterocycles. The number of nitrogens with zero attached hydrogens (tertiary/aromatic N) is 3. The lowest BCUT2D eigenvalue weighted by Gasteiger charge is -2.13. The van der Waals surface area contributed by atoms with Crippen LogP contribution in [-0.4, -0.2) is 39.8 Å². The third-order valence-electron chi connectivity index (χ3n) is 4.55. The van der Waals surface area contributed by atoms with Gasteiger partial charge in [-0.05, 0) is 62.1 Å². The first-order valence-corrected chi connectivity index (χ1v) is 9.56. The van der Waals surface area contributed by atoms with E-state index in [1.807, 2.05) is 49.5 Å². The van der Waals surface area contributed by atoms with Gasteiger partial charge in [-0.25, -0.2) is 9.50 Å². The van der Waals surface area contributed by atoms with Gasteiger partial charge in [-0.15, -0.1) is 5.10 Å². The SMILES string of the molecule is CC(=O)N[C@@H](C)COc1ccc(-c2nc3ccc(OCC4CC4)cn3n2)cc1. The summed E-state index contributed by atoms with van der Waals surface area (Å²) < 4.78 is 13.3. The highest BCUT2D eigenvalue weighted by Gasteiger charge is 2.22. The number of ether oxygens (including phenoxy) is 2. The summed E-state index contributed by atoms with van der Waals surface area (Å²) in [6, 6.07) is 11.4. The molecule has 146 valence electrons. The van der Waals surface area contributed by atoms with Crippen molar-refractivity contribution in [1.29, 1.82) is 0 Å². The van der Waals surface area contributed by atoms with Gasteiger partial charge in [0, 0.05) is 12.5 Å². The predicted molar refractivity (Wildman–Crippen MR) is 105 cm³/mol. The molecule has 0 spiro atoms. The van der Waals surface area contributed by atoms with E-state index in [9.17, 15) is 4.79 Å². The van der Waals surface area contributed by atoms with Gasteiger partial charge in [0.05, 0.1) is 18.8 Å². The van der Waals surface area contributed by atoms with Gasteiger partial charge in [-0.3, -0.25) is 4.79 Å². The van der Waals surface area contributed by atoms with Crippen LogP contribution in [-0.2, 0) is 4.79 Å². The predicted octanol–water partition coefficient (Wildman–Crippen LogP) is 3.09. The van der Waals surface area contributed by atoms with Crippen LogP contribution < -0.4 is 14.8 Å². The van der Waals surface area contributed by atoms with Crippen LogP contribution in [0.1, 0.15) is 26.7 Å². The minimum Gasteiger partial charge on any atom is -0.492 e. The molecule has 1 N–H and O–H groups in total. The number of rotatable bonds is 8. The summed E-state index contributed by atoms with van der Waals surface area (Å²) in [5.41, 5.74) is 1.68. The van der Waals surface area contributed by atoms with Crippen molar-refractivity contribution >= 4 is 11.6 Å². The second-order valence-corrected chi connectivity index (χ2v) is 7.29. The monoisotopic (exact) mass is 380 g/mol. The Bertz CT molecular complexity index is 963. The maximum absolute atomic E-state index is 11.0. The largest absolute Gasteiger partial charge is 0.492 e. The van der Waals surface area contributed by atoms with Crippen molar-refractivity contribution in [1.82, 2.24) is 19.9 Å². The van der Waals surface area contributed by atoms with E-state index in [1.54, 1.807) is 4.52 Å². The second-order valence-electron chi connectivity index (χ2n) is 7.29. The van der Waals surface area contributed by atoms with E-state index in [-0.39, 0.29) is 11.9 Å². The van der Waals surface area contributed by atoms with Gasteiger partial charge < -0.3 is 14.8 Å². The number of carbonyl (C=O) groups is 1. The maximum Gasteiger partial charge on any atom is 0.217 e. The van der Waals surface area contributed by atoms with Crippen LogP contribution in [0.2, 0.25) is 0 Å². The molecular formula is C21H24N4O3. The Morgan fingerprint density at radius 3 is 2.64 bits per heavy atom. The lowest BCUT2D eigenvalue weighted by molar-refractivity contribution is -0.119. The molecule has 28 heavy (non-hydrogen) atoms. The third-order valence-corrected chi connectivity index (χ3v) is 4.55. The van der Waals surface area contributed by atoms with Crippen LogP contribution in [0.3, 0.4) is 0 Å². The summed E-state index contributed by atoms with van der Waals surface area (Å²) in [6.45, 7) is 4.58. The van der Waals surface area contributed by atoms with E-state index in [2.05, 4.69) is 15.4 Å². The molecule has 0 aliphatic heterocycles. The van der Waals surface area contributed by atoms with Crippen molar-refractivity contribution in [3.05, 3.63) is 42.6 Å². The van der Waals surface area contributed by atoms with Gasteiger partial charge in [-0.2, -0.15) is 0 Å². The topological polar surface area (TPSA) is 77.8 Å². The van der Waals surface area contributed by atoms with Crippen molar-refractivity contribution in [2.45, 2.75) is 32.7 Å². The zero-order valence-corrected chi connectivity index (χ0v) is 16.1. The molecule has 3 aromatic rings. The fourth-order valence-electron chi connectivity index (χ4n) is 2.88. The Morgan fingerprint density at radius 2 is 1.93 bits per heavy atom. The van der Waals surface area contributed by atoms with Crippen LogP contribution in [0.4, 0.5) is 0 Å². The summed E-state index contributed by atoms with van der Waals surface area (Å²) in [5.74, 6) is 2.85. The number of amides is 1. The molecule has 1 fully saturated rings. The lowest BCUT2D eigenvalue weighted by Crippen LogP contribution is -2.35. The summed E-state index contributed by atoms with van der Waals surface area (Å²) >= 11 is 0. The number of hydrogen-bond donors (Lipinski definition) is 1. The van der Waals surface area contributed by atoms with E-state index < -0.39 is 0 Å². The van der Waals surface area contributed by atoms with Crippen LogP contribution in [0.5, 0.6) is 11.5 Å². The summed E-state index contributed by atoms with van der Waals surface area (Å²) in [6.07, 6.45) is 4.40. The van der Waals surface area contributed by atoms with Gasteiger partial charge in [0.25, 0.3) is 0 Å². The fourth-order valence-corrected chi connectivity index (χ4v) is 2.88. The molecule has 7 heteroatoms. The molecular weight excluding hydrogens is 356 g/mol. The lowest BCUT2D eigenvalue weighted by atomic mass is 10.2. The van der Waals surface area contributed by atoms with Crippen LogP contribution in [0.25, 0.3) is 17.0 Å². The van der Waals surface area contributed by atoms with Crippen LogP contribution in [0, 0.1) is 5.92 Å². The standard InChI is InChI=1S/C21H24N4O3/c1-14(22-15(2)26)12-27-18-7-5-17(6-8-18)21-23-20-10-9-19(11-25(20)24-21)28-13-16-3-4-16/h5-11,14,16H,3-4,12-13H2,1-2H3,(H,22,26)/t14-/m0/s1. The minimum atomic E-state index is -0.0644. The molecule has 1 amide bonds. The molecule has 0 radical (unpaired) electrons. The van der Waals surface area contributed by atoms with Crippen molar-refractivity contribution in [3.63, 3.8) is 0 Å². The molecule has 2 heterocycles. The summed E-state index contributed by atoms with van der Waals surface area (Å²) in [7, 11) is 0. The number of aromatic nitrogens is 3. The molecule has 4 rings (SSSR count). The smallest absolute Gasteiger partial charge is 0.217 e. The number of fused-ring (bicyclic) bond motifs is 1. The average molecular weight is 380 g/mol. The maximum atomic E-state index is 11.0. The van der Waals surface area contributed by atoms with Gasteiger partial charge in [-0.1, -0.05) is 0 Å². The van der Waals surface area contributed by atoms with Crippen LogP contribution in [0.15, 0.2) is 42.6 Å². The third kappa shape index (κ3) is 4.60. The molecule has 0 bridgehead atoms. The van der Waals surface area contributed by atoms with Gasteiger partial charge in [0.15, 0.2) is 11.5 Å². The number of hydrogen-bond acceptors (Lipinski definition) is 5. The zero-order chi connectivity index (χ0) is 19.5. The Balaban J connectivity index is 1.41. The van der Waals surface area contributed by atoms with Gasteiger partial charge in [0.2, 0.25) is 5.91 Å². The van der Waals surface area contributed by atoms with Crippen LogP contribution >= 0.6 is 0 Å². The van der Waals surface area contributed by atoms with Crippen molar-refractivity contribution in [2.75, 3.05) is 13.2 Å². The number of carbonyl (C=O) groups excluding carboxylic acids is 1. The quantitative estimate of drug-likeness (QED) is 0.650. The molecule has 1 aliphatic carbocycles. The number of pyridine rings is 1. The van der Waals surface area contributed by atoms with E-state index in [0.29, 0.717) is 18.3 Å². The molecule has 1 atom stereocenters. The van der Waals surface area contributed by atoms with E-state index in [1.165, 1.54) is 19.8 Å². The summed E-state index contributed by atoms with van der Waals surface area (Å²) in [4.78, 5) is 15.6. The van der Waals surface area contributed by atoms with Gasteiger partial charge >= 0.3 is 0 Å². The van der Waals surface area contributed by atoms with Crippen molar-refractivity contribution in [3.8, 4) is 22.9 Å². The summed E-state index contributed by atoms with van der Waals surface area (Å²) in [5, 5.41) is 7.35. The highest BCUT2D eigenvalue weighted by atomic mass is 16.5. The second kappa shape index (κ2) is 7.88. The highest BCUT2D eigenvalue weighted by molar-refractivity contribution is 5.73. The molecule has 7 nitrogen and oxygen atoms in total. The van der Waals surface area contributed by atoms with E-state index >= 15 is 0 Å². The zero-order valence-electron chi connectivity index (χ0n) is 16.1. The van der Waals surface area contributed by atoms with Crippen molar-refractivity contribution in [2.24, 2.45) is 5.92 Å². The first-order chi connectivity index (χ1) is 13.6. The normalized spacial score (nSPS) is 14.6. The molecule has 2 aromatic heterocycles. The number of nitrogens with one attached hydrogen (secondary N) is 1. The highest BCUT2D eigenvalue weighted by Crippen LogP contribution is 2.29. The minimum absolute atomic E-state index is 0.0476. The first kappa shape index (κ1) is 18.3. The fraction of sp³-hybridized carbons (Fsp3) is 0.381. The van der Waals surface area contributed by atoms with Gasteiger partial charge in [0.1, 0.15) is 18.1 Å². The molecule has 1 aromatic carbocycles.